The molecule has 0 aromatic rings. The Morgan fingerprint density at radius 1 is 1.53 bits per heavy atom. The molecule has 1 heterocycles. The van der Waals surface area contributed by atoms with Gasteiger partial charge in [-0.25, -0.2) is 8.42 Å². The van der Waals surface area contributed by atoms with Crippen molar-refractivity contribution in [1.29, 1.82) is 0 Å². The Balaban J connectivity index is 2.52. The lowest BCUT2D eigenvalue weighted by Crippen LogP contribution is -2.41. The highest BCUT2D eigenvalue weighted by atomic mass is 32.2. The number of ether oxygens (including phenoxy) is 1. The third kappa shape index (κ3) is 3.41. The average Bonchev–Trinajstić information content (AvgIpc) is 2.66. The fourth-order valence-corrected chi connectivity index (χ4v) is 3.68. The molecule has 5 nitrogen and oxygen atoms in total. The summed E-state index contributed by atoms with van der Waals surface area (Å²) in [6, 6.07) is 0.0116. The number of hydrogen-bond acceptors (Lipinski definition) is 4. The van der Waals surface area contributed by atoms with Crippen LogP contribution in [0.2, 0.25) is 0 Å². The molecule has 0 spiro atoms. The van der Waals surface area contributed by atoms with Gasteiger partial charge in [-0.1, -0.05) is 0 Å². The van der Waals surface area contributed by atoms with Crippen LogP contribution in [0.4, 0.5) is 0 Å². The summed E-state index contributed by atoms with van der Waals surface area (Å²) in [5.41, 5.74) is 5.54. The van der Waals surface area contributed by atoms with Gasteiger partial charge in [0.2, 0.25) is 10.0 Å². The van der Waals surface area contributed by atoms with E-state index in [9.17, 15) is 8.42 Å². The Bertz CT molecular complexity index is 279. The molecule has 15 heavy (non-hydrogen) atoms. The molecule has 1 rings (SSSR count). The molecular weight excluding hydrogens is 216 g/mol. The van der Waals surface area contributed by atoms with E-state index in [-0.39, 0.29) is 11.8 Å². The van der Waals surface area contributed by atoms with Gasteiger partial charge in [0, 0.05) is 32.8 Å². The first kappa shape index (κ1) is 12.9. The summed E-state index contributed by atoms with van der Waals surface area (Å²) in [6.07, 6.45) is 2.36. The Morgan fingerprint density at radius 3 is 2.87 bits per heavy atom. The van der Waals surface area contributed by atoms with Gasteiger partial charge in [-0.05, 0) is 19.3 Å². The van der Waals surface area contributed by atoms with Gasteiger partial charge in [0.15, 0.2) is 0 Å². The van der Waals surface area contributed by atoms with Crippen molar-refractivity contribution in [2.45, 2.75) is 25.3 Å². The number of rotatable bonds is 6. The fraction of sp³-hybridized carbons (Fsp3) is 1.00. The van der Waals surface area contributed by atoms with Crippen molar-refractivity contribution < 1.29 is 13.2 Å². The summed E-state index contributed by atoms with van der Waals surface area (Å²) >= 11 is 0. The van der Waals surface area contributed by atoms with Gasteiger partial charge in [-0.2, -0.15) is 4.31 Å². The fourth-order valence-electron chi connectivity index (χ4n) is 1.91. The lowest BCUT2D eigenvalue weighted by molar-refractivity contribution is 0.199. The summed E-state index contributed by atoms with van der Waals surface area (Å²) in [4.78, 5) is 0. The van der Waals surface area contributed by atoms with Crippen molar-refractivity contribution in [3.05, 3.63) is 0 Å². The topological polar surface area (TPSA) is 72.6 Å². The minimum atomic E-state index is -3.12. The maximum absolute atomic E-state index is 11.9. The zero-order chi connectivity index (χ0) is 11.3. The van der Waals surface area contributed by atoms with Crippen molar-refractivity contribution in [3.63, 3.8) is 0 Å². The highest BCUT2D eigenvalue weighted by molar-refractivity contribution is 7.89. The molecule has 1 saturated heterocycles. The SMILES string of the molecule is COCCCS(=O)(=O)N1CCCC1CN. The van der Waals surface area contributed by atoms with E-state index in [0.29, 0.717) is 26.1 Å². The minimum absolute atomic E-state index is 0.0116. The smallest absolute Gasteiger partial charge is 0.214 e. The van der Waals surface area contributed by atoms with Gasteiger partial charge in [0.25, 0.3) is 0 Å². The quantitative estimate of drug-likeness (QED) is 0.647. The molecule has 6 heteroatoms. The summed E-state index contributed by atoms with van der Waals surface area (Å²) in [6.45, 7) is 1.53. The van der Waals surface area contributed by atoms with Gasteiger partial charge in [-0.3, -0.25) is 0 Å². The van der Waals surface area contributed by atoms with Gasteiger partial charge < -0.3 is 10.5 Å². The van der Waals surface area contributed by atoms with Crippen LogP contribution in [-0.2, 0) is 14.8 Å². The highest BCUT2D eigenvalue weighted by Gasteiger charge is 2.32. The summed E-state index contributed by atoms with van der Waals surface area (Å²) in [5, 5.41) is 0. The Morgan fingerprint density at radius 2 is 2.27 bits per heavy atom. The van der Waals surface area contributed by atoms with Crippen LogP contribution >= 0.6 is 0 Å². The van der Waals surface area contributed by atoms with Crippen LogP contribution in [0.3, 0.4) is 0 Å². The molecule has 1 fully saturated rings. The van der Waals surface area contributed by atoms with Crippen LogP contribution < -0.4 is 5.73 Å². The van der Waals surface area contributed by atoms with Crippen molar-refractivity contribution in [1.82, 2.24) is 4.31 Å². The van der Waals surface area contributed by atoms with Crippen LogP contribution in [0, 0.1) is 0 Å². The van der Waals surface area contributed by atoms with E-state index >= 15 is 0 Å². The van der Waals surface area contributed by atoms with E-state index < -0.39 is 10.0 Å². The maximum atomic E-state index is 11.9. The van der Waals surface area contributed by atoms with Crippen molar-refractivity contribution >= 4 is 10.0 Å². The van der Waals surface area contributed by atoms with E-state index in [1.165, 1.54) is 0 Å². The molecule has 0 saturated carbocycles. The van der Waals surface area contributed by atoms with E-state index in [4.69, 9.17) is 10.5 Å². The molecule has 0 aromatic heterocycles. The summed E-state index contributed by atoms with van der Waals surface area (Å²) in [7, 11) is -1.55. The first-order valence-corrected chi connectivity index (χ1v) is 6.91. The second-order valence-electron chi connectivity index (χ2n) is 3.80. The first-order valence-electron chi connectivity index (χ1n) is 5.30. The van der Waals surface area contributed by atoms with E-state index in [1.807, 2.05) is 0 Å². The third-order valence-corrected chi connectivity index (χ3v) is 4.70. The van der Waals surface area contributed by atoms with Crippen molar-refractivity contribution in [3.8, 4) is 0 Å². The Labute approximate surface area is 91.6 Å². The van der Waals surface area contributed by atoms with Crippen LogP contribution in [0.1, 0.15) is 19.3 Å². The standard InChI is InChI=1S/C9H20N2O3S/c1-14-6-3-7-15(12,13)11-5-2-4-9(11)8-10/h9H,2-8,10H2,1H3. The lowest BCUT2D eigenvalue weighted by atomic mass is 10.2. The Hall–Kier alpha value is -0.170. The molecule has 0 radical (unpaired) electrons. The van der Waals surface area contributed by atoms with Gasteiger partial charge in [0.05, 0.1) is 5.75 Å². The molecule has 2 N–H and O–H groups in total. The molecule has 0 aliphatic carbocycles. The van der Waals surface area contributed by atoms with Crippen LogP contribution in [0.5, 0.6) is 0 Å². The normalized spacial score (nSPS) is 23.5. The average molecular weight is 236 g/mol. The Kier molecular flexibility index (Phi) is 4.98. The van der Waals surface area contributed by atoms with Crippen LogP contribution in [-0.4, -0.2) is 51.3 Å². The molecule has 1 aliphatic rings. The molecule has 0 aromatic carbocycles. The molecule has 1 unspecified atom stereocenters. The highest BCUT2D eigenvalue weighted by Crippen LogP contribution is 2.20. The number of sulfonamides is 1. The molecule has 90 valence electrons. The van der Waals surface area contributed by atoms with Crippen LogP contribution in [0.25, 0.3) is 0 Å². The van der Waals surface area contributed by atoms with Gasteiger partial charge >= 0.3 is 0 Å². The summed E-state index contributed by atoms with van der Waals surface area (Å²) < 4.78 is 30.2. The van der Waals surface area contributed by atoms with Crippen LogP contribution in [0.15, 0.2) is 0 Å². The van der Waals surface area contributed by atoms with Crippen molar-refractivity contribution in [2.75, 3.05) is 32.6 Å². The maximum Gasteiger partial charge on any atom is 0.214 e. The van der Waals surface area contributed by atoms with E-state index in [0.717, 1.165) is 12.8 Å². The predicted octanol–water partition coefficient (Wildman–Crippen LogP) is -0.224. The monoisotopic (exact) mass is 236 g/mol. The molecule has 1 atom stereocenters. The second-order valence-corrected chi connectivity index (χ2v) is 5.85. The number of hydrogen-bond donors (Lipinski definition) is 1. The first-order chi connectivity index (χ1) is 7.11. The molecular formula is C9H20N2O3S. The number of nitrogens with zero attached hydrogens (tertiary/aromatic N) is 1. The molecule has 1 aliphatic heterocycles. The zero-order valence-electron chi connectivity index (χ0n) is 9.18. The molecule has 0 amide bonds. The number of methoxy groups -OCH3 is 1. The van der Waals surface area contributed by atoms with Crippen molar-refractivity contribution in [2.24, 2.45) is 5.73 Å². The predicted molar refractivity (Wildman–Crippen MR) is 59.1 cm³/mol. The van der Waals surface area contributed by atoms with Gasteiger partial charge in [-0.15, -0.1) is 0 Å². The van der Waals surface area contributed by atoms with Gasteiger partial charge in [0.1, 0.15) is 0 Å². The zero-order valence-corrected chi connectivity index (χ0v) is 10.0. The molecule has 0 bridgehead atoms. The van der Waals surface area contributed by atoms with E-state index in [2.05, 4.69) is 0 Å². The summed E-state index contributed by atoms with van der Waals surface area (Å²) in [5.74, 6) is 0.164. The largest absolute Gasteiger partial charge is 0.385 e. The second kappa shape index (κ2) is 5.79. The number of nitrogens with two attached hydrogens (primary N) is 1. The third-order valence-electron chi connectivity index (χ3n) is 2.70. The van der Waals surface area contributed by atoms with E-state index in [1.54, 1.807) is 11.4 Å². The minimum Gasteiger partial charge on any atom is -0.385 e. The lowest BCUT2D eigenvalue weighted by Gasteiger charge is -2.22.